The molecule has 0 fully saturated rings. The second-order valence-corrected chi connectivity index (χ2v) is 5.78. The van der Waals surface area contributed by atoms with Crippen LogP contribution in [-0.2, 0) is 33.6 Å². The first-order valence-electron chi connectivity index (χ1n) is 8.22. The molecule has 0 radical (unpaired) electrons. The number of carbonyl (C=O) groups excluding carboxylic acids is 5. The molecule has 0 bridgehead atoms. The molecule has 14 heteroatoms. The van der Waals surface area contributed by atoms with Gasteiger partial charge in [0.15, 0.2) is 0 Å². The Morgan fingerprint density at radius 2 is 1.38 bits per heavy atom. The summed E-state index contributed by atoms with van der Waals surface area (Å²) >= 11 is 0. The van der Waals surface area contributed by atoms with E-state index >= 15 is 0 Å². The zero-order valence-corrected chi connectivity index (χ0v) is 15.7. The van der Waals surface area contributed by atoms with Gasteiger partial charge in [0.25, 0.3) is 0 Å². The molecule has 0 aliphatic carbocycles. The van der Waals surface area contributed by atoms with Crippen LogP contribution in [-0.4, -0.2) is 77.2 Å². The van der Waals surface area contributed by atoms with Gasteiger partial charge in [-0.1, -0.05) is 0 Å². The van der Waals surface area contributed by atoms with E-state index in [1.165, 1.54) is 7.05 Å². The Morgan fingerprint density at radius 1 is 0.828 bits per heavy atom. The molecular formula is C15H23N5O9. The topological polar surface area (TPSA) is 220 Å². The van der Waals surface area contributed by atoms with Gasteiger partial charge in [0.1, 0.15) is 12.3 Å². The third-order valence-electron chi connectivity index (χ3n) is 3.33. The van der Waals surface area contributed by atoms with Gasteiger partial charge in [-0.2, -0.15) is 0 Å². The van der Waals surface area contributed by atoms with Crippen LogP contribution in [0.5, 0.6) is 0 Å². The largest absolute Gasteiger partial charge is 0.481 e. The number of hydrogen-bond acceptors (Lipinski definition) is 8. The molecular weight excluding hydrogens is 394 g/mol. The van der Waals surface area contributed by atoms with Gasteiger partial charge in [-0.15, -0.1) is 0 Å². The van der Waals surface area contributed by atoms with Gasteiger partial charge in [-0.05, 0) is 7.05 Å². The van der Waals surface area contributed by atoms with Crippen molar-refractivity contribution in [2.24, 2.45) is 0 Å². The fourth-order valence-electron chi connectivity index (χ4n) is 1.98. The van der Waals surface area contributed by atoms with Crippen molar-refractivity contribution in [1.82, 2.24) is 26.8 Å². The Balaban J connectivity index is 5.32. The van der Waals surface area contributed by atoms with Gasteiger partial charge in [-0.25, -0.2) is 0 Å². The van der Waals surface area contributed by atoms with E-state index in [0.29, 0.717) is 0 Å². The van der Waals surface area contributed by atoms with E-state index in [0.717, 1.165) is 6.92 Å². The maximum absolute atomic E-state index is 12.4. The predicted octanol–water partition coefficient (Wildman–Crippen LogP) is -3.75. The molecule has 162 valence electrons. The van der Waals surface area contributed by atoms with Crippen molar-refractivity contribution in [3.63, 3.8) is 0 Å². The molecule has 3 atom stereocenters. The van der Waals surface area contributed by atoms with E-state index in [2.05, 4.69) is 16.0 Å². The molecule has 3 unspecified atom stereocenters. The number of rotatable bonds is 12. The summed E-state index contributed by atoms with van der Waals surface area (Å²) in [6.07, 6.45) is -1.87. The monoisotopic (exact) mass is 417 g/mol. The molecule has 4 amide bonds. The average molecular weight is 417 g/mol. The van der Waals surface area contributed by atoms with E-state index in [4.69, 9.17) is 10.2 Å². The van der Waals surface area contributed by atoms with Crippen LogP contribution in [0.1, 0.15) is 26.2 Å². The Kier molecular flexibility index (Phi) is 11.2. The summed E-state index contributed by atoms with van der Waals surface area (Å²) < 4.78 is 0. The van der Waals surface area contributed by atoms with Gasteiger partial charge in [0, 0.05) is 6.92 Å². The standard InChI is InChI=1S/C15H23N5O9/c1-7(22)19-20-11(23)4-10(15(29)17-8(6-21)3-12(24)25)18-14(28)9(16-2)5-13(26)27/h6,8-10,16H,3-5H2,1-2H3,(H,17,29)(H,18,28)(H,19,22)(H,20,23)(H,24,25)(H,26,27). The highest BCUT2D eigenvalue weighted by molar-refractivity contribution is 5.95. The molecule has 14 nitrogen and oxygen atoms in total. The average Bonchev–Trinajstić information content (AvgIpc) is 2.62. The number of amides is 4. The zero-order chi connectivity index (χ0) is 22.6. The van der Waals surface area contributed by atoms with Crippen molar-refractivity contribution < 1.29 is 43.8 Å². The number of nitrogens with one attached hydrogen (secondary N) is 5. The highest BCUT2D eigenvalue weighted by Crippen LogP contribution is 2.00. The third kappa shape index (κ3) is 11.0. The van der Waals surface area contributed by atoms with Gasteiger partial charge >= 0.3 is 11.9 Å². The Morgan fingerprint density at radius 3 is 1.83 bits per heavy atom. The van der Waals surface area contributed by atoms with E-state index in [-0.39, 0.29) is 6.29 Å². The Hall–Kier alpha value is -3.55. The summed E-state index contributed by atoms with van der Waals surface area (Å²) in [7, 11) is 1.31. The molecule has 0 aliphatic rings. The highest BCUT2D eigenvalue weighted by atomic mass is 16.4. The molecule has 0 saturated heterocycles. The molecule has 0 aromatic rings. The van der Waals surface area contributed by atoms with Crippen LogP contribution in [0.2, 0.25) is 0 Å². The smallest absolute Gasteiger partial charge is 0.305 e. The fourth-order valence-corrected chi connectivity index (χ4v) is 1.98. The Labute approximate surface area is 164 Å². The van der Waals surface area contributed by atoms with Crippen molar-refractivity contribution in [2.75, 3.05) is 7.05 Å². The lowest BCUT2D eigenvalue weighted by atomic mass is 10.1. The molecule has 29 heavy (non-hydrogen) atoms. The minimum Gasteiger partial charge on any atom is -0.481 e. The summed E-state index contributed by atoms with van der Waals surface area (Å²) in [6.45, 7) is 1.11. The lowest BCUT2D eigenvalue weighted by molar-refractivity contribution is -0.140. The minimum absolute atomic E-state index is 0.170. The maximum atomic E-state index is 12.4. The SMILES string of the molecule is CNC(CC(=O)O)C(=O)NC(CC(=O)NNC(C)=O)C(=O)NC(C=O)CC(=O)O. The molecule has 0 aromatic carbocycles. The summed E-state index contributed by atoms with van der Waals surface area (Å²) in [5, 5.41) is 24.2. The van der Waals surface area contributed by atoms with Gasteiger partial charge < -0.3 is 31.0 Å². The molecule has 0 saturated carbocycles. The predicted molar refractivity (Wildman–Crippen MR) is 93.9 cm³/mol. The van der Waals surface area contributed by atoms with E-state index < -0.39 is 73.0 Å². The number of carbonyl (C=O) groups is 7. The van der Waals surface area contributed by atoms with Crippen molar-refractivity contribution in [3.8, 4) is 0 Å². The van der Waals surface area contributed by atoms with Crippen LogP contribution in [0.3, 0.4) is 0 Å². The minimum atomic E-state index is -1.59. The summed E-state index contributed by atoms with van der Waals surface area (Å²) in [5.74, 6) is -6.15. The van der Waals surface area contributed by atoms with Crippen LogP contribution in [0.4, 0.5) is 0 Å². The summed E-state index contributed by atoms with van der Waals surface area (Å²) in [6, 6.07) is -4.24. The molecule has 0 spiro atoms. The molecule has 7 N–H and O–H groups in total. The van der Waals surface area contributed by atoms with Crippen molar-refractivity contribution in [3.05, 3.63) is 0 Å². The van der Waals surface area contributed by atoms with Crippen LogP contribution in [0.15, 0.2) is 0 Å². The van der Waals surface area contributed by atoms with Gasteiger partial charge in [-0.3, -0.25) is 39.6 Å². The molecule has 0 aliphatic heterocycles. The first kappa shape index (κ1) is 25.4. The first-order valence-corrected chi connectivity index (χ1v) is 8.22. The zero-order valence-electron chi connectivity index (χ0n) is 15.7. The second kappa shape index (κ2) is 12.8. The van der Waals surface area contributed by atoms with Crippen molar-refractivity contribution in [2.45, 2.75) is 44.3 Å². The van der Waals surface area contributed by atoms with Crippen LogP contribution in [0, 0.1) is 0 Å². The summed E-state index contributed by atoms with van der Waals surface area (Å²) in [4.78, 5) is 79.7. The second-order valence-electron chi connectivity index (χ2n) is 5.78. The van der Waals surface area contributed by atoms with Gasteiger partial charge in [0.2, 0.25) is 23.6 Å². The van der Waals surface area contributed by atoms with Crippen molar-refractivity contribution >= 4 is 41.9 Å². The van der Waals surface area contributed by atoms with Crippen molar-refractivity contribution in [1.29, 1.82) is 0 Å². The number of aldehydes is 1. The third-order valence-corrected chi connectivity index (χ3v) is 3.33. The maximum Gasteiger partial charge on any atom is 0.305 e. The fraction of sp³-hybridized carbons (Fsp3) is 0.533. The molecule has 0 heterocycles. The Bertz CT molecular complexity index is 667. The molecule has 0 aromatic heterocycles. The van der Waals surface area contributed by atoms with Gasteiger partial charge in [0.05, 0.1) is 31.3 Å². The lowest BCUT2D eigenvalue weighted by Gasteiger charge is -2.22. The lowest BCUT2D eigenvalue weighted by Crippen LogP contribution is -2.56. The summed E-state index contributed by atoms with van der Waals surface area (Å²) in [5.41, 5.74) is 3.95. The first-order chi connectivity index (χ1) is 13.5. The normalized spacial score (nSPS) is 13.2. The number of carboxylic acids is 2. The van der Waals surface area contributed by atoms with Crippen LogP contribution >= 0.6 is 0 Å². The number of likely N-dealkylation sites (N-methyl/N-ethyl adjacent to an activating group) is 1. The van der Waals surface area contributed by atoms with E-state index in [1.807, 2.05) is 10.9 Å². The van der Waals surface area contributed by atoms with Crippen LogP contribution < -0.4 is 26.8 Å². The highest BCUT2D eigenvalue weighted by Gasteiger charge is 2.29. The number of hydrogen-bond donors (Lipinski definition) is 7. The number of carboxylic acid groups (broad SMARTS) is 2. The number of hydrazine groups is 1. The quantitative estimate of drug-likeness (QED) is 0.121. The molecule has 0 rings (SSSR count). The van der Waals surface area contributed by atoms with E-state index in [9.17, 15) is 33.6 Å². The van der Waals surface area contributed by atoms with Crippen LogP contribution in [0.25, 0.3) is 0 Å². The van der Waals surface area contributed by atoms with E-state index in [1.54, 1.807) is 0 Å². The number of aliphatic carboxylic acids is 2.